The zero-order valence-corrected chi connectivity index (χ0v) is 13.7. The molecule has 0 aliphatic rings. The Kier molecular flexibility index (Phi) is 12.9. The molecule has 1 aromatic rings. The number of rotatable bonds is 10. The van der Waals surface area contributed by atoms with E-state index in [0.29, 0.717) is 0 Å². The Morgan fingerprint density at radius 3 is 1.95 bits per heavy atom. The molecule has 1 aromatic heterocycles. The second kappa shape index (κ2) is 13.7. The maximum Gasteiger partial charge on any atom is 0.243 e. The first-order valence-corrected chi connectivity index (χ1v) is 8.13. The summed E-state index contributed by atoms with van der Waals surface area (Å²) < 4.78 is 4.37. The Morgan fingerprint density at radius 2 is 1.52 bits per heavy atom. The Morgan fingerprint density at radius 1 is 1.05 bits per heavy atom. The van der Waals surface area contributed by atoms with Crippen LogP contribution in [0.15, 0.2) is 18.7 Å². The van der Waals surface area contributed by atoms with Crippen LogP contribution in [0.5, 0.6) is 0 Å². The van der Waals surface area contributed by atoms with Gasteiger partial charge >= 0.3 is 0 Å². The molecule has 0 amide bonds. The monoisotopic (exact) mass is 317 g/mol. The number of aryl methyl sites for hydroxylation is 2. The molecule has 0 aromatic carbocycles. The largest absolute Gasteiger partial charge is 0.356 e. The highest BCUT2D eigenvalue weighted by Crippen LogP contribution is 2.09. The van der Waals surface area contributed by atoms with E-state index in [1.165, 1.54) is 57.9 Å². The van der Waals surface area contributed by atoms with Gasteiger partial charge in [-0.15, -0.1) is 0 Å². The van der Waals surface area contributed by atoms with Gasteiger partial charge in [0, 0.05) is 0 Å². The van der Waals surface area contributed by atoms with Gasteiger partial charge in [0.2, 0.25) is 6.33 Å². The van der Waals surface area contributed by atoms with Crippen molar-refractivity contribution in [3.05, 3.63) is 34.0 Å². The number of hydrogen-bond donors (Lipinski definition) is 1. The van der Waals surface area contributed by atoms with Crippen molar-refractivity contribution in [1.29, 1.82) is 0 Å². The molecule has 0 saturated heterocycles. The van der Waals surface area contributed by atoms with E-state index < -0.39 is 5.09 Å². The molecule has 7 heteroatoms. The summed E-state index contributed by atoms with van der Waals surface area (Å²) in [5.74, 6) is 1.05. The van der Waals surface area contributed by atoms with Crippen molar-refractivity contribution in [2.24, 2.45) is 7.05 Å². The van der Waals surface area contributed by atoms with E-state index >= 15 is 0 Å². The van der Waals surface area contributed by atoms with Crippen LogP contribution in [0.25, 0.3) is 0 Å². The predicted octanol–water partition coefficient (Wildman–Crippen LogP) is 3.12. The average molecular weight is 317 g/mol. The molecule has 122 valence electrons. The van der Waals surface area contributed by atoms with E-state index in [-0.39, 0.29) is 0 Å². The lowest BCUT2D eigenvalue weighted by Gasteiger charge is -2.00. The van der Waals surface area contributed by atoms with E-state index in [1.807, 2.05) is 0 Å². The summed E-state index contributed by atoms with van der Waals surface area (Å²) in [6, 6.07) is 0. The fraction of sp³-hybridized carbons (Fsp3) is 0.786. The first-order chi connectivity index (χ1) is 10.1. The minimum Gasteiger partial charge on any atom is -0.356 e. The Labute approximate surface area is 132 Å². The van der Waals surface area contributed by atoms with Crippen molar-refractivity contribution < 1.29 is 9.65 Å². The quantitative estimate of drug-likeness (QED) is 0.237. The van der Waals surface area contributed by atoms with Gasteiger partial charge in [-0.05, 0) is 25.0 Å². The van der Waals surface area contributed by atoms with Crippen molar-refractivity contribution >= 4 is 12.6 Å². The molecule has 6 nitrogen and oxygen atoms in total. The zero-order valence-electron chi connectivity index (χ0n) is 12.8. The summed E-state index contributed by atoms with van der Waals surface area (Å²) >= 11 is 4.22. The highest BCUT2D eigenvalue weighted by molar-refractivity contribution is 7.80. The van der Waals surface area contributed by atoms with Crippen LogP contribution in [0.1, 0.15) is 51.4 Å². The van der Waals surface area contributed by atoms with Crippen molar-refractivity contribution in [3.63, 3.8) is 0 Å². The van der Waals surface area contributed by atoms with Gasteiger partial charge in [-0.3, -0.25) is 0 Å². The number of unbranched alkanes of at least 4 members (excludes halogenated alkanes) is 7. The maximum absolute atomic E-state index is 8.25. The van der Waals surface area contributed by atoms with E-state index in [9.17, 15) is 0 Å². The SMILES string of the molecule is C[n+]1ccn(CCCCCCCCCCS)c1.O=[N+]([O-])[O-]. The zero-order chi connectivity index (χ0) is 15.9. The smallest absolute Gasteiger partial charge is 0.243 e. The molecule has 0 aliphatic heterocycles. The molecule has 0 aliphatic carbocycles. The van der Waals surface area contributed by atoms with Crippen LogP contribution in [0.4, 0.5) is 0 Å². The lowest BCUT2D eigenvalue weighted by molar-refractivity contribution is -0.671. The van der Waals surface area contributed by atoms with Gasteiger partial charge in [-0.25, -0.2) is 9.13 Å². The average Bonchev–Trinajstić information content (AvgIpc) is 2.82. The van der Waals surface area contributed by atoms with Crippen LogP contribution in [-0.2, 0) is 13.6 Å². The van der Waals surface area contributed by atoms with Gasteiger partial charge in [-0.2, -0.15) is 12.6 Å². The first-order valence-electron chi connectivity index (χ1n) is 7.49. The molecule has 0 radical (unpaired) electrons. The number of hydrogen-bond acceptors (Lipinski definition) is 4. The van der Waals surface area contributed by atoms with Crippen LogP contribution in [0.2, 0.25) is 0 Å². The fourth-order valence-electron chi connectivity index (χ4n) is 2.10. The topological polar surface area (TPSA) is 75.0 Å². The van der Waals surface area contributed by atoms with Crippen LogP contribution in [0, 0.1) is 15.3 Å². The highest BCUT2D eigenvalue weighted by atomic mass is 32.1. The van der Waals surface area contributed by atoms with Gasteiger partial charge in [-0.1, -0.05) is 32.1 Å². The molecule has 0 unspecified atom stereocenters. The minimum atomic E-state index is -1.75. The molecular formula is C14H27N3O3S. The third kappa shape index (κ3) is 15.0. The van der Waals surface area contributed by atoms with Gasteiger partial charge in [0.15, 0.2) is 0 Å². The fourth-order valence-corrected chi connectivity index (χ4v) is 2.32. The molecule has 0 bridgehead atoms. The van der Waals surface area contributed by atoms with Crippen molar-refractivity contribution in [3.8, 4) is 0 Å². The highest BCUT2D eigenvalue weighted by Gasteiger charge is 1.99. The molecule has 0 saturated carbocycles. The molecule has 21 heavy (non-hydrogen) atoms. The van der Waals surface area contributed by atoms with Gasteiger partial charge in [0.05, 0.1) is 18.7 Å². The molecule has 0 fully saturated rings. The second-order valence-electron chi connectivity index (χ2n) is 5.09. The normalized spacial score (nSPS) is 10.0. The standard InChI is InChI=1S/C14H26N2S.NO3/c1-15-11-12-16(14-15)10-8-6-4-2-3-5-7-9-13-17;2-1(3)4/h11-12,14H,2-10,13H2,1H3;/q;-1/p+1. The third-order valence-electron chi connectivity index (χ3n) is 3.15. The van der Waals surface area contributed by atoms with Gasteiger partial charge in [0.25, 0.3) is 0 Å². The molecule has 0 spiro atoms. The van der Waals surface area contributed by atoms with E-state index in [0.717, 1.165) is 5.75 Å². The van der Waals surface area contributed by atoms with Crippen LogP contribution >= 0.6 is 12.6 Å². The van der Waals surface area contributed by atoms with Gasteiger partial charge in [0.1, 0.15) is 12.4 Å². The Balaban J connectivity index is 0.000000885. The van der Waals surface area contributed by atoms with E-state index in [2.05, 4.69) is 47.5 Å². The first kappa shape index (κ1) is 19.8. The number of thiol groups is 1. The Bertz CT molecular complexity index is 368. The third-order valence-corrected chi connectivity index (χ3v) is 3.46. The van der Waals surface area contributed by atoms with Crippen molar-refractivity contribution in [2.45, 2.75) is 57.9 Å². The van der Waals surface area contributed by atoms with Gasteiger partial charge < -0.3 is 15.3 Å². The van der Waals surface area contributed by atoms with E-state index in [4.69, 9.17) is 15.3 Å². The molecular weight excluding hydrogens is 290 g/mol. The van der Waals surface area contributed by atoms with Crippen LogP contribution in [-0.4, -0.2) is 15.4 Å². The van der Waals surface area contributed by atoms with Crippen molar-refractivity contribution in [1.82, 2.24) is 4.57 Å². The molecule has 1 heterocycles. The summed E-state index contributed by atoms with van der Waals surface area (Å²) in [5.41, 5.74) is 0. The number of aromatic nitrogens is 2. The van der Waals surface area contributed by atoms with Crippen LogP contribution in [0.3, 0.4) is 0 Å². The number of imidazole rings is 1. The Hall–Kier alpha value is -1.24. The lowest BCUT2D eigenvalue weighted by atomic mass is 10.1. The summed E-state index contributed by atoms with van der Waals surface area (Å²) in [6.45, 7) is 1.17. The maximum atomic E-state index is 8.25. The summed E-state index contributed by atoms with van der Waals surface area (Å²) in [5, 5.41) is 14.8. The molecule has 0 N–H and O–H groups in total. The summed E-state index contributed by atoms with van der Waals surface area (Å²) in [4.78, 5) is 8.25. The van der Waals surface area contributed by atoms with Crippen LogP contribution < -0.4 is 4.57 Å². The lowest BCUT2D eigenvalue weighted by Crippen LogP contribution is -2.23. The van der Waals surface area contributed by atoms with Crippen molar-refractivity contribution in [2.75, 3.05) is 5.75 Å². The molecule has 0 atom stereocenters. The second-order valence-corrected chi connectivity index (χ2v) is 5.54. The molecule has 1 rings (SSSR count). The summed E-state index contributed by atoms with van der Waals surface area (Å²) in [7, 11) is 2.07. The predicted molar refractivity (Wildman–Crippen MR) is 86.8 cm³/mol. The van der Waals surface area contributed by atoms with E-state index in [1.54, 1.807) is 0 Å². The number of nitrogens with zero attached hydrogens (tertiary/aromatic N) is 3. The summed E-state index contributed by atoms with van der Waals surface area (Å²) in [6.07, 6.45) is 17.3. The minimum absolute atomic E-state index is 1.05.